The fraction of sp³-hybridized carbons (Fsp3) is 0.571. The number of aromatic amines is 1. The molecule has 1 aliphatic rings. The van der Waals surface area contributed by atoms with Crippen LogP contribution in [0.15, 0.2) is 17.2 Å². The molecule has 2 N–H and O–H groups in total. The Morgan fingerprint density at radius 2 is 2.29 bits per heavy atom. The van der Waals surface area contributed by atoms with Crippen LogP contribution < -0.4 is 10.9 Å². The van der Waals surface area contributed by atoms with E-state index in [4.69, 9.17) is 0 Å². The summed E-state index contributed by atoms with van der Waals surface area (Å²) in [6, 6.07) is -0.107. The number of amides is 2. The maximum Gasteiger partial charge on any atom is 0.279 e. The Balaban J connectivity index is 1.98. The summed E-state index contributed by atoms with van der Waals surface area (Å²) in [7, 11) is 0. The molecule has 1 aromatic heterocycles. The minimum Gasteiger partial charge on any atom is -0.348 e. The summed E-state index contributed by atoms with van der Waals surface area (Å²) in [4.78, 5) is 43.5. The first-order valence-corrected chi connectivity index (χ1v) is 7.24. The maximum atomic E-state index is 12.0. The molecule has 1 fully saturated rings. The van der Waals surface area contributed by atoms with E-state index in [0.717, 1.165) is 13.0 Å². The molecule has 2 amide bonds. The zero-order chi connectivity index (χ0) is 15.2. The number of likely N-dealkylation sites (tertiary alicyclic amines) is 1. The van der Waals surface area contributed by atoms with Crippen molar-refractivity contribution in [2.75, 3.05) is 13.1 Å². The standard InChI is InChI=1S/C14H20N4O3/c1-2-8-18-9-5-10(3-4-11(18)19)17-14(21)12-13(20)16-7-6-15-12/h6-7,10H,2-5,8-9H2,1H3,(H,16,20)(H,17,21). The number of carbonyl (C=O) groups excluding carboxylic acids is 2. The highest BCUT2D eigenvalue weighted by Gasteiger charge is 2.24. The lowest BCUT2D eigenvalue weighted by molar-refractivity contribution is -0.130. The Morgan fingerprint density at radius 1 is 1.48 bits per heavy atom. The molecule has 1 aromatic rings. The Hall–Kier alpha value is -2.18. The van der Waals surface area contributed by atoms with E-state index in [9.17, 15) is 14.4 Å². The van der Waals surface area contributed by atoms with Crippen LogP contribution in [0.5, 0.6) is 0 Å². The minimum atomic E-state index is -0.507. The van der Waals surface area contributed by atoms with Gasteiger partial charge in [0, 0.05) is 37.9 Å². The van der Waals surface area contributed by atoms with Crippen LogP contribution in [-0.4, -0.2) is 45.8 Å². The highest BCUT2D eigenvalue weighted by atomic mass is 16.2. The van der Waals surface area contributed by atoms with Gasteiger partial charge in [0.2, 0.25) is 5.91 Å². The summed E-state index contributed by atoms with van der Waals surface area (Å²) < 4.78 is 0. The highest BCUT2D eigenvalue weighted by molar-refractivity contribution is 5.92. The van der Waals surface area contributed by atoms with Gasteiger partial charge in [0.1, 0.15) is 0 Å². The molecular formula is C14H20N4O3. The van der Waals surface area contributed by atoms with Crippen molar-refractivity contribution in [1.29, 1.82) is 0 Å². The van der Waals surface area contributed by atoms with Crippen LogP contribution in [0.3, 0.4) is 0 Å². The smallest absolute Gasteiger partial charge is 0.279 e. The Bertz CT molecular complexity index is 569. The van der Waals surface area contributed by atoms with Gasteiger partial charge in [0.25, 0.3) is 11.5 Å². The number of hydrogen-bond acceptors (Lipinski definition) is 4. The van der Waals surface area contributed by atoms with Crippen LogP contribution in [0.4, 0.5) is 0 Å². The van der Waals surface area contributed by atoms with Crippen LogP contribution >= 0.6 is 0 Å². The van der Waals surface area contributed by atoms with Gasteiger partial charge in [-0.1, -0.05) is 6.92 Å². The van der Waals surface area contributed by atoms with Crippen molar-refractivity contribution in [3.8, 4) is 0 Å². The Morgan fingerprint density at radius 3 is 3.00 bits per heavy atom. The summed E-state index contributed by atoms with van der Waals surface area (Å²) >= 11 is 0. The third-order valence-electron chi connectivity index (χ3n) is 3.56. The molecule has 1 unspecified atom stereocenters. The highest BCUT2D eigenvalue weighted by Crippen LogP contribution is 2.13. The molecule has 2 rings (SSSR count). The van der Waals surface area contributed by atoms with Gasteiger partial charge in [-0.25, -0.2) is 4.98 Å². The summed E-state index contributed by atoms with van der Waals surface area (Å²) in [5.74, 6) is -0.359. The zero-order valence-corrected chi connectivity index (χ0v) is 12.1. The molecule has 0 spiro atoms. The topological polar surface area (TPSA) is 95.2 Å². The van der Waals surface area contributed by atoms with E-state index in [2.05, 4.69) is 15.3 Å². The number of aromatic nitrogens is 2. The second-order valence-electron chi connectivity index (χ2n) is 5.15. The lowest BCUT2D eigenvalue weighted by Gasteiger charge is -2.20. The molecule has 0 aliphatic carbocycles. The summed E-state index contributed by atoms with van der Waals surface area (Å²) in [6.45, 7) is 3.42. The first-order valence-electron chi connectivity index (χ1n) is 7.24. The van der Waals surface area contributed by atoms with E-state index in [-0.39, 0.29) is 17.6 Å². The molecule has 1 aliphatic heterocycles. The van der Waals surface area contributed by atoms with Gasteiger partial charge in [0.15, 0.2) is 5.69 Å². The molecule has 2 heterocycles. The second-order valence-corrected chi connectivity index (χ2v) is 5.15. The maximum absolute atomic E-state index is 12.0. The van der Waals surface area contributed by atoms with Crippen LogP contribution in [0.2, 0.25) is 0 Å². The fourth-order valence-corrected chi connectivity index (χ4v) is 2.45. The number of hydrogen-bond donors (Lipinski definition) is 2. The third-order valence-corrected chi connectivity index (χ3v) is 3.56. The van der Waals surface area contributed by atoms with Crippen molar-refractivity contribution in [3.63, 3.8) is 0 Å². The molecular weight excluding hydrogens is 272 g/mol. The van der Waals surface area contributed by atoms with Gasteiger partial charge in [-0.2, -0.15) is 0 Å². The van der Waals surface area contributed by atoms with Crippen molar-refractivity contribution < 1.29 is 9.59 Å². The van der Waals surface area contributed by atoms with Gasteiger partial charge in [0.05, 0.1) is 0 Å². The zero-order valence-electron chi connectivity index (χ0n) is 12.1. The van der Waals surface area contributed by atoms with E-state index >= 15 is 0 Å². The number of nitrogens with zero attached hydrogens (tertiary/aromatic N) is 2. The minimum absolute atomic E-state index is 0.107. The van der Waals surface area contributed by atoms with Gasteiger partial charge in [-0.05, 0) is 19.3 Å². The molecule has 0 aromatic carbocycles. The lowest BCUT2D eigenvalue weighted by atomic mass is 10.1. The van der Waals surface area contributed by atoms with E-state index in [1.807, 2.05) is 11.8 Å². The molecule has 114 valence electrons. The van der Waals surface area contributed by atoms with Crippen molar-refractivity contribution in [2.24, 2.45) is 0 Å². The molecule has 0 radical (unpaired) electrons. The van der Waals surface area contributed by atoms with Crippen LogP contribution in [0, 0.1) is 0 Å². The van der Waals surface area contributed by atoms with Crippen LogP contribution in [0.1, 0.15) is 43.1 Å². The number of carbonyl (C=O) groups is 2. The number of rotatable bonds is 4. The predicted molar refractivity (Wildman–Crippen MR) is 76.8 cm³/mol. The summed E-state index contributed by atoms with van der Waals surface area (Å²) in [5.41, 5.74) is -0.647. The number of nitrogens with one attached hydrogen (secondary N) is 2. The van der Waals surface area contributed by atoms with E-state index in [1.165, 1.54) is 12.4 Å². The quantitative estimate of drug-likeness (QED) is 0.834. The Kier molecular flexibility index (Phi) is 5.08. The SMILES string of the molecule is CCCN1CCC(NC(=O)c2ncc[nH]c2=O)CCC1=O. The van der Waals surface area contributed by atoms with Gasteiger partial charge in [-0.15, -0.1) is 0 Å². The normalized spacial score (nSPS) is 19.2. The van der Waals surface area contributed by atoms with E-state index in [0.29, 0.717) is 25.8 Å². The van der Waals surface area contributed by atoms with Crippen molar-refractivity contribution in [1.82, 2.24) is 20.2 Å². The van der Waals surface area contributed by atoms with E-state index < -0.39 is 11.5 Å². The first-order chi connectivity index (χ1) is 10.1. The molecule has 1 saturated heterocycles. The van der Waals surface area contributed by atoms with E-state index in [1.54, 1.807) is 0 Å². The number of H-pyrrole nitrogens is 1. The lowest BCUT2D eigenvalue weighted by Crippen LogP contribution is -2.39. The summed E-state index contributed by atoms with van der Waals surface area (Å²) in [5, 5.41) is 2.80. The average Bonchev–Trinajstić information content (AvgIpc) is 2.64. The molecule has 21 heavy (non-hydrogen) atoms. The van der Waals surface area contributed by atoms with Crippen molar-refractivity contribution >= 4 is 11.8 Å². The summed E-state index contributed by atoms with van der Waals surface area (Å²) in [6.07, 6.45) is 5.38. The predicted octanol–water partition coefficient (Wildman–Crippen LogP) is 0.291. The third kappa shape index (κ3) is 3.90. The molecule has 7 heteroatoms. The molecule has 1 atom stereocenters. The Labute approximate surface area is 122 Å². The first kappa shape index (κ1) is 15.2. The molecule has 0 saturated carbocycles. The van der Waals surface area contributed by atoms with Gasteiger partial charge in [-0.3, -0.25) is 14.4 Å². The molecule has 0 bridgehead atoms. The van der Waals surface area contributed by atoms with Crippen molar-refractivity contribution in [3.05, 3.63) is 28.4 Å². The second kappa shape index (κ2) is 7.01. The largest absolute Gasteiger partial charge is 0.348 e. The van der Waals surface area contributed by atoms with Gasteiger partial charge >= 0.3 is 0 Å². The van der Waals surface area contributed by atoms with Crippen LogP contribution in [0.25, 0.3) is 0 Å². The van der Waals surface area contributed by atoms with Crippen molar-refractivity contribution in [2.45, 2.75) is 38.6 Å². The van der Waals surface area contributed by atoms with Crippen LogP contribution in [-0.2, 0) is 4.79 Å². The van der Waals surface area contributed by atoms with Gasteiger partial charge < -0.3 is 15.2 Å². The monoisotopic (exact) mass is 292 g/mol. The molecule has 7 nitrogen and oxygen atoms in total. The average molecular weight is 292 g/mol. The fourth-order valence-electron chi connectivity index (χ4n) is 2.45.